The SMILES string of the molecule is CC(C)(C)OC(=O)N1CC(c2cc3cc4[nH]ncc4cc3n2-c2ccc(F)cc2)C1. The molecule has 154 valence electrons. The minimum Gasteiger partial charge on any atom is -0.444 e. The van der Waals surface area contributed by atoms with Crippen LogP contribution in [0.15, 0.2) is 48.7 Å². The van der Waals surface area contributed by atoms with E-state index in [1.54, 1.807) is 23.2 Å². The lowest BCUT2D eigenvalue weighted by atomic mass is 9.96. The summed E-state index contributed by atoms with van der Waals surface area (Å²) in [6, 6.07) is 12.8. The van der Waals surface area contributed by atoms with Gasteiger partial charge in [-0.1, -0.05) is 0 Å². The van der Waals surface area contributed by atoms with Crippen molar-refractivity contribution in [2.75, 3.05) is 13.1 Å². The molecule has 1 fully saturated rings. The highest BCUT2D eigenvalue weighted by molar-refractivity contribution is 5.96. The summed E-state index contributed by atoms with van der Waals surface area (Å²) in [4.78, 5) is 14.1. The molecular formula is C23H23FN4O2. The van der Waals surface area contributed by atoms with Crippen LogP contribution in [-0.4, -0.2) is 44.4 Å². The minimum absolute atomic E-state index is 0.173. The molecule has 0 unspecified atom stereocenters. The van der Waals surface area contributed by atoms with Crippen LogP contribution in [0.5, 0.6) is 0 Å². The molecule has 1 amide bonds. The van der Waals surface area contributed by atoms with E-state index in [-0.39, 0.29) is 17.8 Å². The number of hydrogen-bond donors (Lipinski definition) is 1. The van der Waals surface area contributed by atoms with Gasteiger partial charge in [0.2, 0.25) is 0 Å². The molecule has 5 rings (SSSR count). The molecule has 1 N–H and O–H groups in total. The predicted molar refractivity (Wildman–Crippen MR) is 113 cm³/mol. The lowest BCUT2D eigenvalue weighted by Crippen LogP contribution is -2.50. The van der Waals surface area contributed by atoms with Gasteiger partial charge in [0.05, 0.1) is 17.2 Å². The number of hydrogen-bond acceptors (Lipinski definition) is 3. The second-order valence-corrected chi connectivity index (χ2v) is 8.83. The third kappa shape index (κ3) is 3.20. The van der Waals surface area contributed by atoms with Gasteiger partial charge in [-0.15, -0.1) is 0 Å². The van der Waals surface area contributed by atoms with E-state index in [0.717, 1.165) is 33.2 Å². The van der Waals surface area contributed by atoms with E-state index < -0.39 is 5.60 Å². The first-order chi connectivity index (χ1) is 14.3. The molecule has 2 aromatic heterocycles. The lowest BCUT2D eigenvalue weighted by Gasteiger charge is -2.40. The zero-order chi connectivity index (χ0) is 21.0. The highest BCUT2D eigenvalue weighted by atomic mass is 19.1. The molecule has 1 aliphatic rings. The van der Waals surface area contributed by atoms with Gasteiger partial charge >= 0.3 is 6.09 Å². The Kier molecular flexibility index (Phi) is 4.10. The summed E-state index contributed by atoms with van der Waals surface area (Å²) in [7, 11) is 0. The molecule has 0 radical (unpaired) electrons. The van der Waals surface area contributed by atoms with Crippen molar-refractivity contribution in [1.82, 2.24) is 19.7 Å². The van der Waals surface area contributed by atoms with E-state index in [1.165, 1.54) is 12.1 Å². The van der Waals surface area contributed by atoms with E-state index in [0.29, 0.717) is 13.1 Å². The van der Waals surface area contributed by atoms with Crippen LogP contribution in [0.1, 0.15) is 32.4 Å². The number of H-pyrrole nitrogens is 1. The van der Waals surface area contributed by atoms with Gasteiger partial charge in [-0.3, -0.25) is 5.10 Å². The Hall–Kier alpha value is -3.35. The maximum Gasteiger partial charge on any atom is 0.410 e. The molecule has 0 spiro atoms. The van der Waals surface area contributed by atoms with E-state index in [1.807, 2.05) is 20.8 Å². The third-order valence-electron chi connectivity index (χ3n) is 5.43. The molecule has 0 aliphatic carbocycles. The Morgan fingerprint density at radius 1 is 1.13 bits per heavy atom. The fourth-order valence-corrected chi connectivity index (χ4v) is 3.99. The lowest BCUT2D eigenvalue weighted by molar-refractivity contribution is 0.00778. The van der Waals surface area contributed by atoms with Gasteiger partial charge in [-0.25, -0.2) is 9.18 Å². The summed E-state index contributed by atoms with van der Waals surface area (Å²) >= 11 is 0. The quantitative estimate of drug-likeness (QED) is 0.511. The number of carbonyl (C=O) groups excluding carboxylic acids is 1. The Bertz CT molecular complexity index is 1240. The van der Waals surface area contributed by atoms with Gasteiger partial charge < -0.3 is 14.2 Å². The number of aromatic nitrogens is 3. The van der Waals surface area contributed by atoms with E-state index in [4.69, 9.17) is 4.74 Å². The van der Waals surface area contributed by atoms with Gasteiger partial charge in [0.25, 0.3) is 0 Å². The number of aromatic amines is 1. The van der Waals surface area contributed by atoms with Crippen LogP contribution in [0.25, 0.3) is 27.5 Å². The number of nitrogens with one attached hydrogen (secondary N) is 1. The standard InChI is InChI=1S/C23H23FN4O2/c1-23(2,3)30-22(29)27-12-16(13-27)21-9-14-8-19-15(11-25-26-19)10-20(14)28(21)18-6-4-17(24)5-7-18/h4-11,16H,12-13H2,1-3H3,(H,25,26). The Morgan fingerprint density at radius 2 is 1.87 bits per heavy atom. The van der Waals surface area contributed by atoms with Crippen LogP contribution in [0, 0.1) is 5.82 Å². The van der Waals surface area contributed by atoms with Crippen LogP contribution in [0.3, 0.4) is 0 Å². The predicted octanol–water partition coefficient (Wildman–Crippen LogP) is 4.98. The molecule has 4 aromatic rings. The van der Waals surface area contributed by atoms with E-state index >= 15 is 0 Å². The van der Waals surface area contributed by atoms with Gasteiger partial charge in [0.15, 0.2) is 0 Å². The molecular weight excluding hydrogens is 383 g/mol. The van der Waals surface area contributed by atoms with Crippen molar-refractivity contribution >= 4 is 27.9 Å². The Labute approximate surface area is 173 Å². The summed E-state index contributed by atoms with van der Waals surface area (Å²) in [5.41, 5.74) is 3.47. The largest absolute Gasteiger partial charge is 0.444 e. The number of nitrogens with zero attached hydrogens (tertiary/aromatic N) is 3. The molecule has 3 heterocycles. The van der Waals surface area contributed by atoms with Crippen molar-refractivity contribution in [3.63, 3.8) is 0 Å². The first-order valence-corrected chi connectivity index (χ1v) is 10.0. The molecule has 0 bridgehead atoms. The number of halogens is 1. The van der Waals surface area contributed by atoms with Crippen molar-refractivity contribution in [2.45, 2.75) is 32.3 Å². The highest BCUT2D eigenvalue weighted by Crippen LogP contribution is 2.36. The number of rotatable bonds is 2. The van der Waals surface area contributed by atoms with Crippen LogP contribution in [0.2, 0.25) is 0 Å². The van der Waals surface area contributed by atoms with Crippen molar-refractivity contribution in [3.8, 4) is 5.69 Å². The molecule has 1 saturated heterocycles. The second-order valence-electron chi connectivity index (χ2n) is 8.83. The maximum absolute atomic E-state index is 13.5. The number of likely N-dealkylation sites (tertiary alicyclic amines) is 1. The Morgan fingerprint density at radius 3 is 2.57 bits per heavy atom. The highest BCUT2D eigenvalue weighted by Gasteiger charge is 2.36. The zero-order valence-corrected chi connectivity index (χ0v) is 17.1. The van der Waals surface area contributed by atoms with Crippen LogP contribution < -0.4 is 0 Å². The molecule has 6 nitrogen and oxygen atoms in total. The first kappa shape index (κ1) is 18.7. The zero-order valence-electron chi connectivity index (χ0n) is 17.1. The number of fused-ring (bicyclic) bond motifs is 2. The molecule has 2 aromatic carbocycles. The van der Waals surface area contributed by atoms with Gasteiger partial charge in [-0.05, 0) is 63.2 Å². The molecule has 30 heavy (non-hydrogen) atoms. The summed E-state index contributed by atoms with van der Waals surface area (Å²) in [5.74, 6) is -0.0971. The topological polar surface area (TPSA) is 63.1 Å². The Balaban J connectivity index is 1.54. The normalized spacial score (nSPS) is 15.0. The van der Waals surface area contributed by atoms with Crippen molar-refractivity contribution in [2.24, 2.45) is 0 Å². The summed E-state index contributed by atoms with van der Waals surface area (Å²) in [6.45, 7) is 6.78. The van der Waals surface area contributed by atoms with E-state index in [9.17, 15) is 9.18 Å². The average Bonchev–Trinajstić information content (AvgIpc) is 3.21. The fourth-order valence-electron chi connectivity index (χ4n) is 3.99. The molecule has 0 saturated carbocycles. The van der Waals surface area contributed by atoms with Crippen LogP contribution >= 0.6 is 0 Å². The molecule has 0 atom stereocenters. The fraction of sp³-hybridized carbons (Fsp3) is 0.304. The summed E-state index contributed by atoms with van der Waals surface area (Å²) in [5, 5.41) is 9.21. The van der Waals surface area contributed by atoms with E-state index in [2.05, 4.69) is 33.0 Å². The van der Waals surface area contributed by atoms with Gasteiger partial charge in [0.1, 0.15) is 11.4 Å². The van der Waals surface area contributed by atoms with Gasteiger partial charge in [0, 0.05) is 41.2 Å². The molecule has 7 heteroatoms. The van der Waals surface area contributed by atoms with Crippen molar-refractivity contribution < 1.29 is 13.9 Å². The van der Waals surface area contributed by atoms with Crippen molar-refractivity contribution in [1.29, 1.82) is 0 Å². The maximum atomic E-state index is 13.5. The van der Waals surface area contributed by atoms with Crippen LogP contribution in [0.4, 0.5) is 9.18 Å². The molecule has 1 aliphatic heterocycles. The van der Waals surface area contributed by atoms with Crippen LogP contribution in [-0.2, 0) is 4.74 Å². The number of carbonyl (C=O) groups is 1. The third-order valence-corrected chi connectivity index (χ3v) is 5.43. The number of amides is 1. The minimum atomic E-state index is -0.514. The smallest absolute Gasteiger partial charge is 0.410 e. The first-order valence-electron chi connectivity index (χ1n) is 10.0. The summed E-state index contributed by atoms with van der Waals surface area (Å²) < 4.78 is 21.2. The van der Waals surface area contributed by atoms with Gasteiger partial charge in [-0.2, -0.15) is 5.10 Å². The van der Waals surface area contributed by atoms with Crippen molar-refractivity contribution in [3.05, 3.63) is 60.2 Å². The second kappa shape index (κ2) is 6.58. The average molecular weight is 406 g/mol. The number of benzene rings is 2. The monoisotopic (exact) mass is 406 g/mol. The summed E-state index contributed by atoms with van der Waals surface area (Å²) in [6.07, 6.45) is 1.51. The number of ether oxygens (including phenoxy) is 1.